The second-order valence-corrected chi connectivity index (χ2v) is 7.22. The van der Waals surface area contributed by atoms with Gasteiger partial charge < -0.3 is 9.31 Å². The number of rotatable bonds is 2. The van der Waals surface area contributed by atoms with Crippen LogP contribution < -0.4 is 5.46 Å². The molecule has 1 heterocycles. The van der Waals surface area contributed by atoms with Gasteiger partial charge in [0.25, 0.3) is 0 Å². The van der Waals surface area contributed by atoms with Crippen molar-refractivity contribution in [2.24, 2.45) is 0 Å². The zero-order chi connectivity index (χ0) is 19.3. The molecule has 3 nitrogen and oxygen atoms in total. The van der Waals surface area contributed by atoms with Crippen molar-refractivity contribution in [3.05, 3.63) is 53.3 Å². The molecule has 0 spiro atoms. The van der Waals surface area contributed by atoms with Gasteiger partial charge in [0.05, 0.1) is 22.8 Å². The molecule has 26 heavy (non-hydrogen) atoms. The van der Waals surface area contributed by atoms with Crippen molar-refractivity contribution in [3.63, 3.8) is 0 Å². The lowest BCUT2D eigenvalue weighted by molar-refractivity contribution is 0.00578. The smallest absolute Gasteiger partial charge is 0.399 e. The minimum Gasteiger partial charge on any atom is -0.399 e. The summed E-state index contributed by atoms with van der Waals surface area (Å²) < 4.78 is 54.6. The molecule has 2 aromatic rings. The van der Waals surface area contributed by atoms with E-state index in [2.05, 4.69) is 0 Å². The normalized spacial score (nSPS) is 18.0. The van der Waals surface area contributed by atoms with Crippen LogP contribution in [0.4, 0.5) is 13.2 Å². The number of hydrogen-bond acceptors (Lipinski definition) is 3. The van der Waals surface area contributed by atoms with E-state index in [-0.39, 0.29) is 22.2 Å². The summed E-state index contributed by atoms with van der Waals surface area (Å²) in [6.45, 7) is 7.34. The van der Waals surface area contributed by atoms with E-state index in [0.717, 1.165) is 6.07 Å². The van der Waals surface area contributed by atoms with Crippen LogP contribution in [0, 0.1) is 28.8 Å². The van der Waals surface area contributed by atoms with Crippen LogP contribution in [-0.4, -0.2) is 18.3 Å². The molecule has 2 aromatic carbocycles. The summed E-state index contributed by atoms with van der Waals surface area (Å²) in [6, 6.07) is 7.54. The highest BCUT2D eigenvalue weighted by Gasteiger charge is 2.52. The van der Waals surface area contributed by atoms with Crippen LogP contribution >= 0.6 is 0 Å². The Bertz CT molecular complexity index is 906. The summed E-state index contributed by atoms with van der Waals surface area (Å²) in [5.74, 6) is -2.68. The third-order valence-corrected chi connectivity index (χ3v) is 4.98. The van der Waals surface area contributed by atoms with Gasteiger partial charge in [-0.1, -0.05) is 18.2 Å². The van der Waals surface area contributed by atoms with Gasteiger partial charge in [-0.05, 0) is 33.8 Å². The standard InChI is InChI=1S/C19H17BF3NO2/c1-18(2)19(3,4)26-20(25-18)14-7-5-6-13(17(14)23)16-11(10-24)8-12(21)9-15(16)22/h5-9H,1-4H3. The molecule has 0 radical (unpaired) electrons. The lowest BCUT2D eigenvalue weighted by atomic mass is 9.77. The summed E-state index contributed by atoms with van der Waals surface area (Å²) in [5, 5.41) is 9.18. The Morgan fingerprint density at radius 2 is 1.62 bits per heavy atom. The lowest BCUT2D eigenvalue weighted by Crippen LogP contribution is -2.41. The van der Waals surface area contributed by atoms with Crippen molar-refractivity contribution in [1.82, 2.24) is 0 Å². The first-order valence-electron chi connectivity index (χ1n) is 8.11. The van der Waals surface area contributed by atoms with Gasteiger partial charge in [-0.3, -0.25) is 0 Å². The van der Waals surface area contributed by atoms with Crippen LogP contribution in [0.3, 0.4) is 0 Å². The topological polar surface area (TPSA) is 42.2 Å². The van der Waals surface area contributed by atoms with Crippen LogP contribution in [0.5, 0.6) is 0 Å². The summed E-state index contributed by atoms with van der Waals surface area (Å²) >= 11 is 0. The van der Waals surface area contributed by atoms with Crippen LogP contribution in [-0.2, 0) is 9.31 Å². The van der Waals surface area contributed by atoms with E-state index in [4.69, 9.17) is 9.31 Å². The second-order valence-electron chi connectivity index (χ2n) is 7.22. The summed E-state index contributed by atoms with van der Waals surface area (Å²) in [7, 11) is -0.978. The molecular formula is C19H17BF3NO2. The summed E-state index contributed by atoms with van der Waals surface area (Å²) in [6.07, 6.45) is 0. The van der Waals surface area contributed by atoms with E-state index in [1.807, 2.05) is 27.7 Å². The molecule has 1 saturated heterocycles. The zero-order valence-electron chi connectivity index (χ0n) is 14.9. The first-order valence-corrected chi connectivity index (χ1v) is 8.11. The fourth-order valence-electron chi connectivity index (χ4n) is 2.83. The molecule has 0 N–H and O–H groups in total. The van der Waals surface area contributed by atoms with Gasteiger partial charge in [-0.15, -0.1) is 0 Å². The van der Waals surface area contributed by atoms with E-state index in [0.29, 0.717) is 6.07 Å². The third kappa shape index (κ3) is 2.89. The number of hydrogen-bond donors (Lipinski definition) is 0. The van der Waals surface area contributed by atoms with Gasteiger partial charge in [0.2, 0.25) is 0 Å². The highest BCUT2D eigenvalue weighted by Crippen LogP contribution is 2.37. The maximum Gasteiger partial charge on any atom is 0.497 e. The molecular weight excluding hydrogens is 342 g/mol. The Kier molecular flexibility index (Phi) is 4.37. The molecule has 1 aliphatic rings. The Morgan fingerprint density at radius 1 is 1.00 bits per heavy atom. The van der Waals surface area contributed by atoms with E-state index >= 15 is 4.39 Å². The number of nitriles is 1. The average molecular weight is 359 g/mol. The summed E-state index contributed by atoms with van der Waals surface area (Å²) in [5.41, 5.74) is -1.96. The molecule has 1 aliphatic heterocycles. The van der Waals surface area contributed by atoms with Crippen molar-refractivity contribution >= 4 is 12.6 Å². The molecule has 134 valence electrons. The van der Waals surface area contributed by atoms with Crippen LogP contribution in [0.2, 0.25) is 0 Å². The van der Waals surface area contributed by atoms with Crippen LogP contribution in [0.1, 0.15) is 33.3 Å². The second kappa shape index (κ2) is 6.15. The highest BCUT2D eigenvalue weighted by molar-refractivity contribution is 6.62. The van der Waals surface area contributed by atoms with Crippen LogP contribution in [0.15, 0.2) is 30.3 Å². The number of benzene rings is 2. The molecule has 7 heteroatoms. The molecule has 0 atom stereocenters. The molecule has 0 aromatic heterocycles. The Balaban J connectivity index is 2.13. The molecule has 0 unspecified atom stereocenters. The largest absolute Gasteiger partial charge is 0.497 e. The Morgan fingerprint density at radius 3 is 2.19 bits per heavy atom. The Labute approximate surface area is 150 Å². The highest BCUT2D eigenvalue weighted by atomic mass is 19.1. The van der Waals surface area contributed by atoms with Gasteiger partial charge in [-0.2, -0.15) is 5.26 Å². The molecule has 1 fully saturated rings. The fraction of sp³-hybridized carbons (Fsp3) is 0.316. The quantitative estimate of drug-likeness (QED) is 0.763. The number of nitrogens with zero attached hydrogens (tertiary/aromatic N) is 1. The first-order chi connectivity index (χ1) is 12.1. The molecule has 0 amide bonds. The van der Waals surface area contributed by atoms with E-state index < -0.39 is 35.8 Å². The lowest BCUT2D eigenvalue weighted by Gasteiger charge is -2.32. The number of halogens is 3. The van der Waals surface area contributed by atoms with E-state index in [1.165, 1.54) is 18.2 Å². The first kappa shape index (κ1) is 18.5. The minimum absolute atomic E-state index is 0.0914. The van der Waals surface area contributed by atoms with Gasteiger partial charge in [0.15, 0.2) is 0 Å². The van der Waals surface area contributed by atoms with Crippen molar-refractivity contribution in [1.29, 1.82) is 5.26 Å². The van der Waals surface area contributed by atoms with Gasteiger partial charge in [0.1, 0.15) is 17.5 Å². The van der Waals surface area contributed by atoms with Crippen molar-refractivity contribution in [2.45, 2.75) is 38.9 Å². The average Bonchev–Trinajstić information content (AvgIpc) is 2.75. The SMILES string of the molecule is CC1(C)OB(c2cccc(-c3c(F)cc(F)cc3C#N)c2F)OC1(C)C. The monoisotopic (exact) mass is 359 g/mol. The molecule has 0 bridgehead atoms. The zero-order valence-corrected chi connectivity index (χ0v) is 14.9. The molecule has 0 saturated carbocycles. The van der Waals surface area contributed by atoms with Gasteiger partial charge in [-0.25, -0.2) is 13.2 Å². The van der Waals surface area contributed by atoms with Crippen LogP contribution in [0.25, 0.3) is 11.1 Å². The maximum absolute atomic E-state index is 15.2. The van der Waals surface area contributed by atoms with Gasteiger partial charge in [0, 0.05) is 22.7 Å². The fourth-order valence-corrected chi connectivity index (χ4v) is 2.83. The predicted octanol–water partition coefficient (Wildman–Crippen LogP) is 3.94. The van der Waals surface area contributed by atoms with E-state index in [9.17, 15) is 14.0 Å². The molecule has 0 aliphatic carbocycles. The van der Waals surface area contributed by atoms with Gasteiger partial charge >= 0.3 is 7.12 Å². The minimum atomic E-state index is -1.01. The Hall–Kier alpha value is -2.30. The van der Waals surface area contributed by atoms with E-state index in [1.54, 1.807) is 6.07 Å². The van der Waals surface area contributed by atoms with Crippen molar-refractivity contribution in [2.75, 3.05) is 0 Å². The maximum atomic E-state index is 15.2. The summed E-state index contributed by atoms with van der Waals surface area (Å²) in [4.78, 5) is 0. The van der Waals surface area contributed by atoms with Crippen molar-refractivity contribution in [3.8, 4) is 17.2 Å². The predicted molar refractivity (Wildman–Crippen MR) is 92.2 cm³/mol. The van der Waals surface area contributed by atoms with Crippen molar-refractivity contribution < 1.29 is 22.5 Å². The third-order valence-electron chi connectivity index (χ3n) is 4.98. The molecule has 3 rings (SSSR count).